The summed E-state index contributed by atoms with van der Waals surface area (Å²) < 4.78 is 18.1. The number of nitrogens with one attached hydrogen (secondary N) is 1. The number of nitrogens with zero attached hydrogens (tertiary/aromatic N) is 1. The Balaban J connectivity index is 1.81. The number of rotatable bonds is 6. The summed E-state index contributed by atoms with van der Waals surface area (Å²) in [7, 11) is 0. The summed E-state index contributed by atoms with van der Waals surface area (Å²) in [5.41, 5.74) is -0.674. The van der Waals surface area contributed by atoms with Crippen molar-refractivity contribution in [3.05, 3.63) is 41.7 Å². The molecule has 1 fully saturated rings. The van der Waals surface area contributed by atoms with Crippen LogP contribution in [0.5, 0.6) is 0 Å². The first kappa shape index (κ1) is 16.7. The molecule has 120 valence electrons. The maximum absolute atomic E-state index is 13.4. The standard InChI is InChI=1S/C17H17FN2O3/c1-17(11-19,13-7-8-13)20-15(21)10-23-16(22)9-6-12-4-2-3-5-14(12)18/h2-6,9,13H,7-8,10H2,1H3,(H,20,21)/b9-6+/t17-/m1/s1. The molecule has 0 saturated heterocycles. The third-order valence-corrected chi connectivity index (χ3v) is 3.67. The zero-order chi connectivity index (χ0) is 16.9. The number of carbonyl (C=O) groups excluding carboxylic acids is 2. The first-order chi connectivity index (χ1) is 10.9. The van der Waals surface area contributed by atoms with Crippen molar-refractivity contribution in [2.24, 2.45) is 5.92 Å². The van der Waals surface area contributed by atoms with E-state index in [0.29, 0.717) is 0 Å². The quantitative estimate of drug-likeness (QED) is 0.644. The number of nitriles is 1. The molecule has 1 N–H and O–H groups in total. The van der Waals surface area contributed by atoms with Crippen LogP contribution in [0, 0.1) is 23.1 Å². The molecule has 23 heavy (non-hydrogen) atoms. The molecule has 1 aromatic rings. The van der Waals surface area contributed by atoms with Crippen LogP contribution in [0.3, 0.4) is 0 Å². The van der Waals surface area contributed by atoms with Gasteiger partial charge >= 0.3 is 5.97 Å². The normalized spacial score (nSPS) is 16.4. The number of hydrogen-bond acceptors (Lipinski definition) is 4. The molecule has 0 radical (unpaired) electrons. The van der Waals surface area contributed by atoms with Gasteiger partial charge in [0.05, 0.1) is 6.07 Å². The Morgan fingerprint density at radius 2 is 2.17 bits per heavy atom. The fraction of sp³-hybridized carbons (Fsp3) is 0.353. The molecule has 1 aliphatic carbocycles. The van der Waals surface area contributed by atoms with Crippen LogP contribution in [0.2, 0.25) is 0 Å². The molecule has 1 aromatic carbocycles. The predicted octanol–water partition coefficient (Wildman–Crippen LogP) is 2.19. The molecule has 1 saturated carbocycles. The van der Waals surface area contributed by atoms with Crippen LogP contribution in [0.25, 0.3) is 6.08 Å². The van der Waals surface area contributed by atoms with Crippen molar-refractivity contribution in [3.63, 3.8) is 0 Å². The molecule has 6 heteroatoms. The van der Waals surface area contributed by atoms with Crippen LogP contribution in [0.4, 0.5) is 4.39 Å². The summed E-state index contributed by atoms with van der Waals surface area (Å²) in [6.45, 7) is 1.17. The second-order valence-corrected chi connectivity index (χ2v) is 5.60. The summed E-state index contributed by atoms with van der Waals surface area (Å²) in [4.78, 5) is 23.3. The van der Waals surface area contributed by atoms with Crippen molar-refractivity contribution in [3.8, 4) is 6.07 Å². The lowest BCUT2D eigenvalue weighted by atomic mass is 9.98. The van der Waals surface area contributed by atoms with E-state index < -0.39 is 29.8 Å². The second-order valence-electron chi connectivity index (χ2n) is 5.60. The van der Waals surface area contributed by atoms with Gasteiger partial charge in [-0.05, 0) is 37.8 Å². The minimum atomic E-state index is -0.924. The van der Waals surface area contributed by atoms with Crippen LogP contribution in [-0.2, 0) is 14.3 Å². The largest absolute Gasteiger partial charge is 0.452 e. The van der Waals surface area contributed by atoms with E-state index in [4.69, 9.17) is 10.00 Å². The summed E-state index contributed by atoms with van der Waals surface area (Å²) in [5, 5.41) is 11.7. The van der Waals surface area contributed by atoms with Gasteiger partial charge in [0.2, 0.25) is 0 Å². The van der Waals surface area contributed by atoms with Gasteiger partial charge in [-0.2, -0.15) is 5.26 Å². The number of benzene rings is 1. The lowest BCUT2D eigenvalue weighted by Crippen LogP contribution is -2.48. The van der Waals surface area contributed by atoms with E-state index in [2.05, 4.69) is 11.4 Å². The van der Waals surface area contributed by atoms with Gasteiger partial charge in [-0.15, -0.1) is 0 Å². The van der Waals surface area contributed by atoms with Gasteiger partial charge in [0.25, 0.3) is 5.91 Å². The molecule has 1 aliphatic rings. The zero-order valence-electron chi connectivity index (χ0n) is 12.7. The molecule has 5 nitrogen and oxygen atoms in total. The van der Waals surface area contributed by atoms with E-state index in [-0.39, 0.29) is 11.5 Å². The van der Waals surface area contributed by atoms with Crippen molar-refractivity contribution in [2.45, 2.75) is 25.3 Å². The molecule has 1 atom stereocenters. The number of carbonyl (C=O) groups is 2. The molecule has 0 spiro atoms. The van der Waals surface area contributed by atoms with E-state index in [1.54, 1.807) is 19.1 Å². The highest BCUT2D eigenvalue weighted by Crippen LogP contribution is 2.39. The molecule has 0 unspecified atom stereocenters. The molecular weight excluding hydrogens is 299 g/mol. The van der Waals surface area contributed by atoms with E-state index in [1.807, 2.05) is 0 Å². The Hall–Kier alpha value is -2.68. The fourth-order valence-electron chi connectivity index (χ4n) is 2.16. The fourth-order valence-corrected chi connectivity index (χ4v) is 2.16. The third-order valence-electron chi connectivity index (χ3n) is 3.67. The van der Waals surface area contributed by atoms with Gasteiger partial charge < -0.3 is 10.1 Å². The van der Waals surface area contributed by atoms with Gasteiger partial charge in [0.1, 0.15) is 11.4 Å². The Labute approximate surface area is 133 Å². The first-order valence-electron chi connectivity index (χ1n) is 7.26. The summed E-state index contributed by atoms with van der Waals surface area (Å²) in [6.07, 6.45) is 4.13. The van der Waals surface area contributed by atoms with E-state index in [1.165, 1.54) is 18.2 Å². The van der Waals surface area contributed by atoms with Crippen molar-refractivity contribution >= 4 is 18.0 Å². The van der Waals surface area contributed by atoms with Crippen LogP contribution in [0.15, 0.2) is 30.3 Å². The van der Waals surface area contributed by atoms with Gasteiger partial charge in [0, 0.05) is 11.6 Å². The van der Waals surface area contributed by atoms with Crippen molar-refractivity contribution in [1.29, 1.82) is 5.26 Å². The Morgan fingerprint density at radius 3 is 2.78 bits per heavy atom. The summed E-state index contributed by atoms with van der Waals surface area (Å²) >= 11 is 0. The van der Waals surface area contributed by atoms with Gasteiger partial charge in [-0.1, -0.05) is 18.2 Å². The Bertz CT molecular complexity index is 677. The number of hydrogen-bond donors (Lipinski definition) is 1. The van der Waals surface area contributed by atoms with E-state index in [0.717, 1.165) is 18.9 Å². The SMILES string of the molecule is C[C@](C#N)(NC(=O)COC(=O)/C=C/c1ccccc1F)C1CC1. The monoisotopic (exact) mass is 316 g/mol. The predicted molar refractivity (Wildman–Crippen MR) is 81.3 cm³/mol. The Morgan fingerprint density at radius 1 is 1.48 bits per heavy atom. The highest BCUT2D eigenvalue weighted by molar-refractivity contribution is 5.89. The van der Waals surface area contributed by atoms with Crippen LogP contribution >= 0.6 is 0 Å². The molecule has 0 aliphatic heterocycles. The third kappa shape index (κ3) is 4.65. The zero-order valence-corrected chi connectivity index (χ0v) is 12.7. The van der Waals surface area contributed by atoms with Gasteiger partial charge in [0.15, 0.2) is 6.61 Å². The highest BCUT2D eigenvalue weighted by atomic mass is 19.1. The van der Waals surface area contributed by atoms with Crippen molar-refractivity contribution in [2.75, 3.05) is 6.61 Å². The minimum absolute atomic E-state index is 0.146. The second kappa shape index (κ2) is 7.05. The number of halogens is 1. The topological polar surface area (TPSA) is 79.2 Å². The average molecular weight is 316 g/mol. The number of amides is 1. The first-order valence-corrected chi connectivity index (χ1v) is 7.26. The lowest BCUT2D eigenvalue weighted by Gasteiger charge is -2.22. The Kier molecular flexibility index (Phi) is 5.12. The summed E-state index contributed by atoms with van der Waals surface area (Å²) in [6, 6.07) is 8.06. The molecular formula is C17H17FN2O3. The highest BCUT2D eigenvalue weighted by Gasteiger charge is 2.43. The molecule has 2 rings (SSSR count). The maximum Gasteiger partial charge on any atom is 0.331 e. The van der Waals surface area contributed by atoms with E-state index in [9.17, 15) is 14.0 Å². The smallest absolute Gasteiger partial charge is 0.331 e. The van der Waals surface area contributed by atoms with Crippen LogP contribution < -0.4 is 5.32 Å². The molecule has 1 amide bonds. The summed E-state index contributed by atoms with van der Waals surface area (Å²) in [5.74, 6) is -1.60. The lowest BCUT2D eigenvalue weighted by molar-refractivity contribution is -0.144. The van der Waals surface area contributed by atoms with Gasteiger partial charge in [-0.25, -0.2) is 9.18 Å². The van der Waals surface area contributed by atoms with Crippen molar-refractivity contribution < 1.29 is 18.7 Å². The van der Waals surface area contributed by atoms with Crippen molar-refractivity contribution in [1.82, 2.24) is 5.32 Å². The number of ether oxygens (including phenoxy) is 1. The number of esters is 1. The van der Waals surface area contributed by atoms with Crippen LogP contribution in [-0.4, -0.2) is 24.0 Å². The average Bonchev–Trinajstić information content (AvgIpc) is 3.37. The molecule has 0 aromatic heterocycles. The molecule has 0 bridgehead atoms. The van der Waals surface area contributed by atoms with Crippen LogP contribution in [0.1, 0.15) is 25.3 Å². The van der Waals surface area contributed by atoms with Gasteiger partial charge in [-0.3, -0.25) is 4.79 Å². The molecule has 0 heterocycles. The maximum atomic E-state index is 13.4. The minimum Gasteiger partial charge on any atom is -0.452 e. The van der Waals surface area contributed by atoms with E-state index >= 15 is 0 Å².